The Morgan fingerprint density at radius 1 is 1.26 bits per heavy atom. The van der Waals surface area contributed by atoms with Crippen LogP contribution in [0.1, 0.15) is 41.3 Å². The first-order valence-corrected chi connectivity index (χ1v) is 11.8. The molecule has 1 aromatic carbocycles. The molecule has 10 heteroatoms. The summed E-state index contributed by atoms with van der Waals surface area (Å²) in [5.74, 6) is -0.331. The number of H-pyrrole nitrogens is 2. The molecule has 4 heterocycles. The van der Waals surface area contributed by atoms with Crippen LogP contribution in [0, 0.1) is 11.4 Å². The first-order chi connectivity index (χ1) is 16.9. The van der Waals surface area contributed by atoms with Gasteiger partial charge in [-0.2, -0.15) is 14.5 Å². The van der Waals surface area contributed by atoms with E-state index in [1.54, 1.807) is 0 Å². The Morgan fingerprint density at radius 3 is 2.80 bits per heavy atom. The maximum absolute atomic E-state index is 13.8. The fourth-order valence-corrected chi connectivity index (χ4v) is 5.77. The molecule has 178 valence electrons. The molecule has 8 nitrogen and oxygen atoms in total. The number of benzene rings is 1. The zero-order valence-electron chi connectivity index (χ0n) is 18.8. The van der Waals surface area contributed by atoms with E-state index in [1.165, 1.54) is 23.4 Å². The highest BCUT2D eigenvalue weighted by atomic mass is 35.5. The van der Waals surface area contributed by atoms with Gasteiger partial charge in [0.25, 0.3) is 5.56 Å². The fourth-order valence-electron chi connectivity index (χ4n) is 5.54. The molecule has 1 atom stereocenters. The standard InChI is InChI=1S/C25H23ClFN7O/c1-13(15-6-9-29-21(27)18(15)26)19-17-22(33-32-19)30-24(31-23(17)35)34-10-7-25(8-11-34)12-14-4-2-3-5-16(14)20(25)28/h2-6,9,20H,1,7-8,10-12,28H2,(H2,30,31,32,33,35)/t20-/m1/s1. The lowest BCUT2D eigenvalue weighted by Crippen LogP contribution is -2.45. The van der Waals surface area contributed by atoms with E-state index < -0.39 is 5.95 Å². The van der Waals surface area contributed by atoms with Crippen molar-refractivity contribution in [1.82, 2.24) is 25.1 Å². The summed E-state index contributed by atoms with van der Waals surface area (Å²) in [6.45, 7) is 5.44. The molecule has 1 aliphatic carbocycles. The molecule has 1 fully saturated rings. The predicted octanol–water partition coefficient (Wildman–Crippen LogP) is 3.74. The Morgan fingerprint density at radius 2 is 2.03 bits per heavy atom. The van der Waals surface area contributed by atoms with Crippen LogP contribution in [0.4, 0.5) is 10.3 Å². The van der Waals surface area contributed by atoms with Crippen LogP contribution in [0.25, 0.3) is 16.6 Å². The van der Waals surface area contributed by atoms with Crippen molar-refractivity contribution in [3.05, 3.63) is 86.8 Å². The van der Waals surface area contributed by atoms with E-state index in [0.29, 0.717) is 22.7 Å². The number of piperidine rings is 1. The Balaban J connectivity index is 1.27. The number of nitrogens with zero attached hydrogens (tertiary/aromatic N) is 4. The van der Waals surface area contributed by atoms with Crippen molar-refractivity contribution in [3.8, 4) is 0 Å². The lowest BCUT2D eigenvalue weighted by atomic mass is 9.73. The van der Waals surface area contributed by atoms with E-state index in [4.69, 9.17) is 17.3 Å². The van der Waals surface area contributed by atoms with Gasteiger partial charge in [-0.25, -0.2) is 4.98 Å². The highest BCUT2D eigenvalue weighted by molar-refractivity contribution is 6.32. The molecule has 0 amide bonds. The number of halogens is 2. The van der Waals surface area contributed by atoms with E-state index in [0.717, 1.165) is 32.4 Å². The predicted molar refractivity (Wildman–Crippen MR) is 133 cm³/mol. The molecular formula is C25H23ClFN7O. The maximum Gasteiger partial charge on any atom is 0.264 e. The van der Waals surface area contributed by atoms with Crippen LogP contribution >= 0.6 is 11.6 Å². The van der Waals surface area contributed by atoms with E-state index in [9.17, 15) is 9.18 Å². The SMILES string of the molecule is C=C(c1ccnc(F)c1Cl)c1n[nH]c2nc(N3CCC4(CC3)Cc3ccccc3[C@H]4N)[nH]c(=O)c12. The average Bonchev–Trinajstić information content (AvgIpc) is 3.41. The molecule has 4 N–H and O–H groups in total. The Kier molecular flexibility index (Phi) is 5.01. The highest BCUT2D eigenvalue weighted by Crippen LogP contribution is 2.50. The van der Waals surface area contributed by atoms with Crippen LogP contribution in [-0.4, -0.2) is 38.2 Å². The summed E-state index contributed by atoms with van der Waals surface area (Å²) in [5.41, 5.74) is 10.1. The third-order valence-electron chi connectivity index (χ3n) is 7.53. The van der Waals surface area contributed by atoms with Crippen molar-refractivity contribution >= 4 is 34.2 Å². The third kappa shape index (κ3) is 3.37. The first kappa shape index (κ1) is 21.9. The van der Waals surface area contributed by atoms with Gasteiger partial charge in [0.1, 0.15) is 16.1 Å². The van der Waals surface area contributed by atoms with Crippen molar-refractivity contribution in [2.45, 2.75) is 25.3 Å². The minimum absolute atomic E-state index is 0.0152. The lowest BCUT2D eigenvalue weighted by Gasteiger charge is -2.42. The molecule has 35 heavy (non-hydrogen) atoms. The number of aromatic amines is 2. The average molecular weight is 492 g/mol. The normalized spacial score (nSPS) is 18.8. The molecule has 1 aliphatic heterocycles. The Hall–Kier alpha value is -3.56. The Bertz CT molecular complexity index is 1540. The second-order valence-corrected chi connectivity index (χ2v) is 9.71. The largest absolute Gasteiger partial charge is 0.342 e. The molecular weight excluding hydrogens is 469 g/mol. The van der Waals surface area contributed by atoms with Crippen LogP contribution in [-0.2, 0) is 6.42 Å². The molecule has 4 aromatic rings. The minimum atomic E-state index is -0.813. The van der Waals surface area contributed by atoms with Crippen LogP contribution in [0.5, 0.6) is 0 Å². The van der Waals surface area contributed by atoms with E-state index in [1.807, 2.05) is 6.07 Å². The number of aromatic nitrogens is 5. The lowest BCUT2D eigenvalue weighted by molar-refractivity contribution is 0.187. The van der Waals surface area contributed by atoms with Crippen LogP contribution in [0.3, 0.4) is 0 Å². The maximum atomic E-state index is 13.8. The summed E-state index contributed by atoms with van der Waals surface area (Å²) < 4.78 is 13.8. The summed E-state index contributed by atoms with van der Waals surface area (Å²) in [6.07, 6.45) is 4.07. The zero-order chi connectivity index (χ0) is 24.3. The molecule has 6 rings (SSSR count). The number of hydrogen-bond acceptors (Lipinski definition) is 6. The molecule has 0 saturated carbocycles. The number of nitrogens with one attached hydrogen (secondary N) is 2. The summed E-state index contributed by atoms with van der Waals surface area (Å²) in [5, 5.41) is 7.12. The van der Waals surface area contributed by atoms with Crippen molar-refractivity contribution in [3.63, 3.8) is 0 Å². The van der Waals surface area contributed by atoms with E-state index in [2.05, 4.69) is 54.8 Å². The third-order valence-corrected chi connectivity index (χ3v) is 7.89. The molecule has 1 spiro atoms. The number of anilines is 1. The number of pyridine rings is 1. The summed E-state index contributed by atoms with van der Waals surface area (Å²) >= 11 is 6.06. The second kappa shape index (κ2) is 8.00. The van der Waals surface area contributed by atoms with Gasteiger partial charge in [-0.05, 0) is 41.9 Å². The minimum Gasteiger partial charge on any atom is -0.342 e. The highest BCUT2D eigenvalue weighted by Gasteiger charge is 2.46. The number of hydrogen-bond donors (Lipinski definition) is 3. The van der Waals surface area contributed by atoms with Gasteiger partial charge in [-0.15, -0.1) is 0 Å². The summed E-state index contributed by atoms with van der Waals surface area (Å²) in [4.78, 5) is 26.2. The van der Waals surface area contributed by atoms with Gasteiger partial charge in [-0.1, -0.05) is 42.4 Å². The fraction of sp³-hybridized carbons (Fsp3) is 0.280. The quantitative estimate of drug-likeness (QED) is 0.376. The van der Waals surface area contributed by atoms with Gasteiger partial charge >= 0.3 is 0 Å². The topological polar surface area (TPSA) is 117 Å². The van der Waals surface area contributed by atoms with Gasteiger partial charge < -0.3 is 10.6 Å². The smallest absolute Gasteiger partial charge is 0.264 e. The Labute approximate surface area is 205 Å². The van der Waals surface area contributed by atoms with Gasteiger partial charge in [0, 0.05) is 36.5 Å². The van der Waals surface area contributed by atoms with E-state index >= 15 is 0 Å². The number of nitrogens with two attached hydrogens (primary N) is 1. The molecule has 0 bridgehead atoms. The molecule has 1 saturated heterocycles. The van der Waals surface area contributed by atoms with Crippen molar-refractivity contribution in [2.75, 3.05) is 18.0 Å². The van der Waals surface area contributed by atoms with Crippen molar-refractivity contribution < 1.29 is 4.39 Å². The van der Waals surface area contributed by atoms with Crippen LogP contribution < -0.4 is 16.2 Å². The molecule has 0 unspecified atom stereocenters. The molecule has 3 aromatic heterocycles. The first-order valence-electron chi connectivity index (χ1n) is 11.4. The monoisotopic (exact) mass is 491 g/mol. The van der Waals surface area contributed by atoms with Crippen LogP contribution in [0.2, 0.25) is 5.02 Å². The number of fused-ring (bicyclic) bond motifs is 2. The van der Waals surface area contributed by atoms with Crippen molar-refractivity contribution in [1.29, 1.82) is 0 Å². The van der Waals surface area contributed by atoms with Crippen LogP contribution in [0.15, 0.2) is 47.9 Å². The second-order valence-electron chi connectivity index (χ2n) is 9.33. The van der Waals surface area contributed by atoms with Gasteiger partial charge in [-0.3, -0.25) is 14.9 Å². The van der Waals surface area contributed by atoms with Gasteiger partial charge in [0.15, 0.2) is 5.65 Å². The summed E-state index contributed by atoms with van der Waals surface area (Å²) in [7, 11) is 0. The number of rotatable bonds is 3. The van der Waals surface area contributed by atoms with Gasteiger partial charge in [0.2, 0.25) is 11.9 Å². The molecule has 0 radical (unpaired) electrons. The van der Waals surface area contributed by atoms with E-state index in [-0.39, 0.29) is 33.1 Å². The van der Waals surface area contributed by atoms with Gasteiger partial charge in [0.05, 0.1) is 0 Å². The molecule has 2 aliphatic rings. The van der Waals surface area contributed by atoms with Crippen molar-refractivity contribution in [2.24, 2.45) is 11.1 Å². The summed E-state index contributed by atoms with van der Waals surface area (Å²) in [6, 6.07) is 9.95. The zero-order valence-corrected chi connectivity index (χ0v) is 19.6.